The molecule has 17 heavy (non-hydrogen) atoms. The van der Waals surface area contributed by atoms with Crippen LogP contribution in [0.4, 0.5) is 13.2 Å². The van der Waals surface area contributed by atoms with Gasteiger partial charge in [0.2, 0.25) is 5.91 Å². The van der Waals surface area contributed by atoms with E-state index < -0.39 is 18.7 Å². The first kappa shape index (κ1) is 13.5. The smallest absolute Gasteiger partial charge is 0.273 e. The van der Waals surface area contributed by atoms with Crippen LogP contribution < -0.4 is 5.48 Å². The normalized spacial score (nSPS) is 11.2. The van der Waals surface area contributed by atoms with E-state index in [1.165, 1.54) is 0 Å². The van der Waals surface area contributed by atoms with Gasteiger partial charge in [-0.25, -0.2) is 5.48 Å². The molecule has 0 fully saturated rings. The summed E-state index contributed by atoms with van der Waals surface area (Å²) in [4.78, 5) is 15.1. The van der Waals surface area contributed by atoms with Gasteiger partial charge in [-0.2, -0.15) is 13.2 Å². The molecule has 0 aliphatic carbocycles. The molecule has 6 heteroatoms. The van der Waals surface area contributed by atoms with Crippen LogP contribution in [0.3, 0.4) is 0 Å². The molecule has 3 nitrogen and oxygen atoms in total. The fraction of sp³-hybridized carbons (Fsp3) is 0.364. The van der Waals surface area contributed by atoms with E-state index in [2.05, 4.69) is 4.84 Å². The van der Waals surface area contributed by atoms with Crippen molar-refractivity contribution in [2.24, 2.45) is 0 Å². The van der Waals surface area contributed by atoms with Gasteiger partial charge in [-0.05, 0) is 12.0 Å². The highest BCUT2D eigenvalue weighted by molar-refractivity contribution is 5.75. The maximum Gasteiger partial charge on any atom is 0.414 e. The number of amides is 1. The van der Waals surface area contributed by atoms with Gasteiger partial charge < -0.3 is 0 Å². The van der Waals surface area contributed by atoms with E-state index in [-0.39, 0.29) is 6.42 Å². The van der Waals surface area contributed by atoms with E-state index in [9.17, 15) is 18.0 Å². The molecule has 0 aliphatic rings. The molecule has 1 aromatic carbocycles. The van der Waals surface area contributed by atoms with Crippen LogP contribution >= 0.6 is 0 Å². The van der Waals surface area contributed by atoms with Crippen molar-refractivity contribution in [3.05, 3.63) is 35.9 Å². The average Bonchev–Trinajstić information content (AvgIpc) is 2.26. The minimum atomic E-state index is -4.44. The van der Waals surface area contributed by atoms with Crippen LogP contribution in [0.25, 0.3) is 0 Å². The SMILES string of the molecule is O=C(CCc1ccccc1)NOCC(F)(F)F. The quantitative estimate of drug-likeness (QED) is 0.810. The third kappa shape index (κ3) is 6.57. The first-order chi connectivity index (χ1) is 7.97. The fourth-order valence-corrected chi connectivity index (χ4v) is 1.15. The molecule has 0 aromatic heterocycles. The van der Waals surface area contributed by atoms with Crippen molar-refractivity contribution in [3.63, 3.8) is 0 Å². The number of carbonyl (C=O) groups is 1. The first-order valence-electron chi connectivity index (χ1n) is 4.99. The maximum atomic E-state index is 11.7. The molecule has 1 aromatic rings. The largest absolute Gasteiger partial charge is 0.414 e. The van der Waals surface area contributed by atoms with Gasteiger partial charge in [0.1, 0.15) is 0 Å². The fourth-order valence-electron chi connectivity index (χ4n) is 1.15. The number of nitrogens with one attached hydrogen (secondary N) is 1. The number of halogens is 3. The van der Waals surface area contributed by atoms with E-state index in [1.54, 1.807) is 5.48 Å². The second-order valence-corrected chi connectivity index (χ2v) is 3.41. The highest BCUT2D eigenvalue weighted by Gasteiger charge is 2.28. The molecule has 1 rings (SSSR count). The summed E-state index contributed by atoms with van der Waals surface area (Å²) >= 11 is 0. The molecule has 0 bridgehead atoms. The molecule has 1 amide bonds. The molecule has 0 heterocycles. The Labute approximate surface area is 96.5 Å². The van der Waals surface area contributed by atoms with Gasteiger partial charge in [-0.3, -0.25) is 9.63 Å². The molecular weight excluding hydrogens is 235 g/mol. The standard InChI is InChI=1S/C11H12F3NO2/c12-11(13,14)8-17-15-10(16)7-6-9-4-2-1-3-5-9/h1-5H,6-8H2,(H,15,16). The number of rotatable bonds is 5. The number of hydrogen-bond acceptors (Lipinski definition) is 2. The zero-order valence-corrected chi connectivity index (χ0v) is 8.96. The zero-order valence-electron chi connectivity index (χ0n) is 8.96. The lowest BCUT2D eigenvalue weighted by atomic mass is 10.1. The Hall–Kier alpha value is -1.56. The van der Waals surface area contributed by atoms with Crippen LogP contribution in [0, 0.1) is 0 Å². The molecule has 0 unspecified atom stereocenters. The first-order valence-corrected chi connectivity index (χ1v) is 4.99. The average molecular weight is 247 g/mol. The highest BCUT2D eigenvalue weighted by Crippen LogP contribution is 2.13. The van der Waals surface area contributed by atoms with Gasteiger partial charge in [0.15, 0.2) is 6.61 Å². The number of carbonyl (C=O) groups excluding carboxylic acids is 1. The van der Waals surface area contributed by atoms with Gasteiger partial charge in [0.25, 0.3) is 0 Å². The lowest BCUT2D eigenvalue weighted by Crippen LogP contribution is -2.29. The third-order valence-electron chi connectivity index (χ3n) is 1.91. The molecule has 0 spiro atoms. The Morgan fingerprint density at radius 3 is 2.47 bits per heavy atom. The molecule has 0 saturated carbocycles. The lowest BCUT2D eigenvalue weighted by molar-refractivity contribution is -0.191. The predicted octanol–water partition coefficient (Wildman–Crippen LogP) is 2.23. The Kier molecular flexibility index (Phi) is 4.96. The van der Waals surface area contributed by atoms with Gasteiger partial charge >= 0.3 is 6.18 Å². The summed E-state index contributed by atoms with van der Waals surface area (Å²) in [5.74, 6) is -0.571. The van der Waals surface area contributed by atoms with Crippen LogP contribution in [0.15, 0.2) is 30.3 Å². The number of aryl methyl sites for hydroxylation is 1. The summed E-state index contributed by atoms with van der Waals surface area (Å²) in [6.45, 7) is -1.48. The Bertz CT molecular complexity index is 351. The second-order valence-electron chi connectivity index (χ2n) is 3.41. The summed E-state index contributed by atoms with van der Waals surface area (Å²) in [7, 11) is 0. The predicted molar refractivity (Wildman–Crippen MR) is 54.9 cm³/mol. The summed E-state index contributed by atoms with van der Waals surface area (Å²) in [6, 6.07) is 9.17. The molecule has 94 valence electrons. The van der Waals surface area contributed by atoms with Crippen molar-refractivity contribution in [2.45, 2.75) is 19.0 Å². The number of hydrogen-bond donors (Lipinski definition) is 1. The monoisotopic (exact) mass is 247 g/mol. The van der Waals surface area contributed by atoms with Crippen LogP contribution in [0.2, 0.25) is 0 Å². The highest BCUT2D eigenvalue weighted by atomic mass is 19.4. The zero-order chi connectivity index (χ0) is 12.7. The van der Waals surface area contributed by atoms with Crippen molar-refractivity contribution in [1.29, 1.82) is 0 Å². The van der Waals surface area contributed by atoms with Crippen LogP contribution in [0.5, 0.6) is 0 Å². The van der Waals surface area contributed by atoms with E-state index in [4.69, 9.17) is 0 Å². The van der Waals surface area contributed by atoms with Crippen molar-refractivity contribution in [3.8, 4) is 0 Å². The van der Waals surface area contributed by atoms with E-state index in [0.717, 1.165) is 5.56 Å². The van der Waals surface area contributed by atoms with Crippen molar-refractivity contribution in [2.75, 3.05) is 6.61 Å². The van der Waals surface area contributed by atoms with E-state index >= 15 is 0 Å². The van der Waals surface area contributed by atoms with Gasteiger partial charge in [-0.1, -0.05) is 30.3 Å². The summed E-state index contributed by atoms with van der Waals surface area (Å²) < 4.78 is 35.0. The molecule has 0 radical (unpaired) electrons. The van der Waals surface area contributed by atoms with Crippen LogP contribution in [-0.4, -0.2) is 18.7 Å². The Balaban J connectivity index is 2.18. The van der Waals surface area contributed by atoms with E-state index in [1.807, 2.05) is 30.3 Å². The van der Waals surface area contributed by atoms with Gasteiger partial charge in [0, 0.05) is 6.42 Å². The number of hydroxylamine groups is 1. The molecule has 1 N–H and O–H groups in total. The summed E-state index contributed by atoms with van der Waals surface area (Å²) in [5.41, 5.74) is 2.69. The van der Waals surface area contributed by atoms with Crippen molar-refractivity contribution in [1.82, 2.24) is 5.48 Å². The minimum absolute atomic E-state index is 0.0852. The summed E-state index contributed by atoms with van der Waals surface area (Å²) in [5, 5.41) is 0. The number of benzene rings is 1. The van der Waals surface area contributed by atoms with Crippen molar-refractivity contribution < 1.29 is 22.8 Å². The number of alkyl halides is 3. The molecule has 0 atom stereocenters. The van der Waals surface area contributed by atoms with Crippen LogP contribution in [-0.2, 0) is 16.1 Å². The molecule has 0 aliphatic heterocycles. The Morgan fingerprint density at radius 2 is 1.88 bits per heavy atom. The molecular formula is C11H12F3NO2. The minimum Gasteiger partial charge on any atom is -0.273 e. The molecule has 0 saturated heterocycles. The van der Waals surface area contributed by atoms with Crippen molar-refractivity contribution >= 4 is 5.91 Å². The summed E-state index contributed by atoms with van der Waals surface area (Å²) in [6.07, 6.45) is -3.89. The second kappa shape index (κ2) is 6.24. The van der Waals surface area contributed by atoms with Gasteiger partial charge in [0.05, 0.1) is 0 Å². The third-order valence-corrected chi connectivity index (χ3v) is 1.91. The lowest BCUT2D eigenvalue weighted by Gasteiger charge is -2.08. The van der Waals surface area contributed by atoms with Crippen LogP contribution in [0.1, 0.15) is 12.0 Å². The van der Waals surface area contributed by atoms with Gasteiger partial charge in [-0.15, -0.1) is 0 Å². The Morgan fingerprint density at radius 1 is 1.24 bits per heavy atom. The van der Waals surface area contributed by atoms with E-state index in [0.29, 0.717) is 6.42 Å². The maximum absolute atomic E-state index is 11.7. The topological polar surface area (TPSA) is 38.3 Å².